The lowest BCUT2D eigenvalue weighted by Crippen LogP contribution is -2.10. The summed E-state index contributed by atoms with van der Waals surface area (Å²) in [7, 11) is 0. The van der Waals surface area contributed by atoms with E-state index in [9.17, 15) is 39.4 Å². The fourth-order valence-corrected chi connectivity index (χ4v) is 2.26. The number of hydrogen-bond acceptors (Lipinski definition) is 5. The number of nitroso groups, excluding NO2 is 1. The summed E-state index contributed by atoms with van der Waals surface area (Å²) in [6, 6.07) is 3.68. The number of nitrogens with zero attached hydrogens (tertiary/aromatic N) is 1. The summed E-state index contributed by atoms with van der Waals surface area (Å²) in [6.07, 6.45) is 0. The Morgan fingerprint density at radius 2 is 0.957 bits per heavy atom. The van der Waals surface area contributed by atoms with Crippen LogP contribution in [-0.2, 0) is 0 Å². The van der Waals surface area contributed by atoms with Crippen molar-refractivity contribution in [2.24, 2.45) is 5.18 Å². The minimum Gasteiger partial charge on any atom is -0.478 e. The van der Waals surface area contributed by atoms with Crippen LogP contribution in [0.4, 0.5) is 0 Å². The molecule has 9 heteroatoms. The molecule has 0 heterocycles. The van der Waals surface area contributed by atoms with Gasteiger partial charge < -0.3 is 15.3 Å². The van der Waals surface area contributed by atoms with Crippen molar-refractivity contribution in [2.45, 2.75) is 0 Å². The highest BCUT2D eigenvalue weighted by Gasteiger charge is 2.25. The Morgan fingerprint density at radius 3 is 1.26 bits per heavy atom. The van der Waals surface area contributed by atoms with Crippen LogP contribution < -0.4 is 0 Å². The second-order valence-corrected chi connectivity index (χ2v) is 4.38. The minimum absolute atomic E-state index is 0.457. The van der Waals surface area contributed by atoms with Gasteiger partial charge in [0, 0.05) is 15.9 Å². The lowest BCUT2D eigenvalue weighted by atomic mass is 9.91. The highest BCUT2D eigenvalue weighted by molar-refractivity contribution is 6.22. The van der Waals surface area contributed by atoms with Gasteiger partial charge in [-0.3, -0.25) is 4.79 Å². The molecule has 0 aromatic heterocycles. The summed E-state index contributed by atoms with van der Waals surface area (Å²) >= 11 is 0. The molecule has 0 saturated carbocycles. The number of rotatable bonds is 4. The van der Waals surface area contributed by atoms with Gasteiger partial charge in [-0.1, -0.05) is 0 Å². The van der Waals surface area contributed by atoms with Gasteiger partial charge in [-0.15, -0.1) is 4.91 Å². The molecule has 1 amide bonds. The average molecular weight is 317 g/mol. The van der Waals surface area contributed by atoms with Crippen LogP contribution in [0.15, 0.2) is 29.4 Å². The van der Waals surface area contributed by atoms with Crippen LogP contribution in [0.3, 0.4) is 0 Å². The fourth-order valence-electron chi connectivity index (χ4n) is 2.26. The van der Waals surface area contributed by atoms with Gasteiger partial charge in [0.25, 0.3) is 0 Å². The number of aromatic carboxylic acids is 3. The van der Waals surface area contributed by atoms with Crippen LogP contribution in [0, 0.1) is 4.91 Å². The molecular weight excluding hydrogens is 310 g/mol. The quantitative estimate of drug-likeness (QED) is 0.720. The molecule has 116 valence electrons. The lowest BCUT2D eigenvalue weighted by molar-refractivity contribution is 0.0681. The van der Waals surface area contributed by atoms with Crippen molar-refractivity contribution in [3.8, 4) is 0 Å². The summed E-state index contributed by atoms with van der Waals surface area (Å²) in [4.78, 5) is 56.0. The van der Waals surface area contributed by atoms with E-state index in [0.717, 1.165) is 24.3 Å². The largest absolute Gasteiger partial charge is 0.478 e. The number of hydrogen-bond donors (Lipinski definition) is 3. The Labute approximate surface area is 126 Å². The number of carbonyl (C=O) groups is 4. The zero-order chi connectivity index (χ0) is 17.3. The molecular formula is C14H7NO8. The van der Waals surface area contributed by atoms with Gasteiger partial charge in [0.2, 0.25) is 0 Å². The lowest BCUT2D eigenvalue weighted by Gasteiger charge is -2.11. The van der Waals surface area contributed by atoms with E-state index in [0.29, 0.717) is 0 Å². The van der Waals surface area contributed by atoms with Crippen LogP contribution in [0.5, 0.6) is 0 Å². The molecule has 0 aliphatic carbocycles. The Balaban J connectivity index is 3.17. The second kappa shape index (κ2) is 5.64. The third kappa shape index (κ3) is 2.50. The molecule has 0 bridgehead atoms. The first-order valence-corrected chi connectivity index (χ1v) is 5.96. The van der Waals surface area contributed by atoms with Crippen molar-refractivity contribution < 1.29 is 34.5 Å². The van der Waals surface area contributed by atoms with Crippen LogP contribution in [0.1, 0.15) is 41.4 Å². The summed E-state index contributed by atoms with van der Waals surface area (Å²) in [5, 5.41) is 28.9. The highest BCUT2D eigenvalue weighted by Crippen LogP contribution is 2.31. The standard InChI is InChI=1S/C14H7NO8/c16-11(15-23)5-1-2-7(13(19)20)10-8(14(21)22)4-3-6(9(5)10)12(17)18/h1-4H,(H,17,18)(H,19,20)(H,21,22). The minimum atomic E-state index is -1.52. The molecule has 0 atom stereocenters. The van der Waals surface area contributed by atoms with Gasteiger partial charge >= 0.3 is 23.8 Å². The smallest absolute Gasteiger partial charge is 0.336 e. The predicted octanol–water partition coefficient (Wildman–Crippen LogP) is 1.84. The molecule has 3 N–H and O–H groups in total. The molecule has 9 nitrogen and oxygen atoms in total. The number of carboxylic acid groups (broad SMARTS) is 3. The maximum atomic E-state index is 11.6. The van der Waals surface area contributed by atoms with E-state index in [1.807, 2.05) is 0 Å². The predicted molar refractivity (Wildman–Crippen MR) is 75.0 cm³/mol. The average Bonchev–Trinajstić information content (AvgIpc) is 2.51. The highest BCUT2D eigenvalue weighted by atomic mass is 16.4. The normalized spacial score (nSPS) is 10.3. The van der Waals surface area contributed by atoms with Crippen molar-refractivity contribution in [1.82, 2.24) is 0 Å². The number of amides is 1. The fraction of sp³-hybridized carbons (Fsp3) is 0. The first kappa shape index (κ1) is 15.8. The molecule has 0 aliphatic rings. The summed E-state index contributed by atoms with van der Waals surface area (Å²) < 4.78 is 0. The zero-order valence-electron chi connectivity index (χ0n) is 11.1. The molecule has 0 radical (unpaired) electrons. The summed E-state index contributed by atoms with van der Waals surface area (Å²) in [6.45, 7) is 0. The number of carboxylic acids is 3. The topological polar surface area (TPSA) is 158 Å². The first-order valence-electron chi connectivity index (χ1n) is 5.96. The van der Waals surface area contributed by atoms with Gasteiger partial charge in [-0.25, -0.2) is 14.4 Å². The van der Waals surface area contributed by atoms with Crippen LogP contribution in [0.25, 0.3) is 10.8 Å². The molecule has 0 aliphatic heterocycles. The second-order valence-electron chi connectivity index (χ2n) is 4.38. The molecule has 2 rings (SSSR count). The van der Waals surface area contributed by atoms with Gasteiger partial charge in [-0.2, -0.15) is 0 Å². The third-order valence-corrected chi connectivity index (χ3v) is 3.17. The Bertz CT molecular complexity index is 879. The van der Waals surface area contributed by atoms with Gasteiger partial charge in [0.15, 0.2) is 0 Å². The van der Waals surface area contributed by atoms with Gasteiger partial charge in [-0.05, 0) is 24.3 Å². The summed E-state index contributed by atoms with van der Waals surface area (Å²) in [5.74, 6) is -5.89. The Morgan fingerprint density at radius 1 is 0.652 bits per heavy atom. The van der Waals surface area contributed by atoms with Gasteiger partial charge in [0.05, 0.1) is 22.3 Å². The molecule has 0 spiro atoms. The number of benzene rings is 2. The molecule has 2 aromatic rings. The van der Waals surface area contributed by atoms with Crippen molar-refractivity contribution in [2.75, 3.05) is 0 Å². The first-order chi connectivity index (χ1) is 10.8. The monoisotopic (exact) mass is 317 g/mol. The van der Waals surface area contributed by atoms with E-state index >= 15 is 0 Å². The number of fused-ring (bicyclic) bond motifs is 1. The Kier molecular flexibility index (Phi) is 3.86. The van der Waals surface area contributed by atoms with Crippen LogP contribution in [-0.4, -0.2) is 39.1 Å². The SMILES string of the molecule is O=NC(=O)c1ccc(C(=O)O)c2c(C(=O)O)ccc(C(=O)O)c12. The molecule has 0 saturated heterocycles. The van der Waals surface area contributed by atoms with E-state index in [-0.39, 0.29) is 0 Å². The molecule has 0 fully saturated rings. The maximum absolute atomic E-state index is 11.6. The van der Waals surface area contributed by atoms with E-state index in [4.69, 9.17) is 0 Å². The molecule has 0 unspecified atom stereocenters. The van der Waals surface area contributed by atoms with E-state index in [1.165, 1.54) is 0 Å². The number of carbonyl (C=O) groups excluding carboxylic acids is 1. The zero-order valence-corrected chi connectivity index (χ0v) is 11.1. The van der Waals surface area contributed by atoms with Gasteiger partial charge in [0.1, 0.15) is 0 Å². The summed E-state index contributed by atoms with van der Waals surface area (Å²) in [5.41, 5.74) is -2.02. The van der Waals surface area contributed by atoms with E-state index < -0.39 is 56.8 Å². The van der Waals surface area contributed by atoms with Crippen LogP contribution >= 0.6 is 0 Å². The molecule has 2 aromatic carbocycles. The van der Waals surface area contributed by atoms with Crippen molar-refractivity contribution >= 4 is 34.6 Å². The third-order valence-electron chi connectivity index (χ3n) is 3.17. The molecule has 23 heavy (non-hydrogen) atoms. The van der Waals surface area contributed by atoms with E-state index in [2.05, 4.69) is 5.18 Å². The van der Waals surface area contributed by atoms with Crippen molar-refractivity contribution in [3.63, 3.8) is 0 Å². The van der Waals surface area contributed by atoms with Crippen molar-refractivity contribution in [3.05, 3.63) is 51.4 Å². The van der Waals surface area contributed by atoms with Crippen molar-refractivity contribution in [1.29, 1.82) is 0 Å². The van der Waals surface area contributed by atoms with E-state index in [1.54, 1.807) is 0 Å². The maximum Gasteiger partial charge on any atom is 0.336 e. The van der Waals surface area contributed by atoms with Crippen LogP contribution in [0.2, 0.25) is 0 Å². The Hall–Kier alpha value is -3.62.